The van der Waals surface area contributed by atoms with E-state index < -0.39 is 0 Å². The molecule has 148 valence electrons. The van der Waals surface area contributed by atoms with Crippen molar-refractivity contribution in [2.45, 2.75) is 19.5 Å². The number of rotatable bonds is 4. The van der Waals surface area contributed by atoms with Gasteiger partial charge in [0.25, 0.3) is 0 Å². The van der Waals surface area contributed by atoms with Crippen LogP contribution in [-0.4, -0.2) is 51.0 Å². The van der Waals surface area contributed by atoms with E-state index in [1.54, 1.807) is 0 Å². The zero-order valence-corrected chi connectivity index (χ0v) is 17.3. The van der Waals surface area contributed by atoms with Crippen LogP contribution in [0.4, 0.5) is 5.82 Å². The van der Waals surface area contributed by atoms with Crippen molar-refractivity contribution in [3.05, 3.63) is 71.5 Å². The number of benzene rings is 1. The molecule has 3 aromatic rings. The van der Waals surface area contributed by atoms with Crippen molar-refractivity contribution in [2.75, 3.05) is 36.0 Å². The highest BCUT2D eigenvalue weighted by Crippen LogP contribution is 2.31. The predicted molar refractivity (Wildman–Crippen MR) is 119 cm³/mol. The minimum absolute atomic E-state index is 0.758. The molecule has 0 radical (unpaired) electrons. The number of anilines is 1. The summed E-state index contributed by atoms with van der Waals surface area (Å²) in [7, 11) is 0. The Balaban J connectivity index is 1.49. The van der Waals surface area contributed by atoms with Gasteiger partial charge in [-0.25, -0.2) is 9.97 Å². The van der Waals surface area contributed by atoms with Crippen LogP contribution in [0.15, 0.2) is 54.7 Å². The molecule has 5 nitrogen and oxygen atoms in total. The summed E-state index contributed by atoms with van der Waals surface area (Å²) >= 11 is 2.03. The van der Waals surface area contributed by atoms with Gasteiger partial charge >= 0.3 is 0 Å². The standard InChI is InChI=1S/C23H25N5S/c1-2-6-18(7-3-1)16-27-11-9-20-19(17-27)23(28-12-14-29-15-13-28)26-22(25-20)21-8-4-5-10-24-21/h1-8,10H,9,11-17H2. The molecule has 2 aliphatic heterocycles. The van der Waals surface area contributed by atoms with Crippen LogP contribution in [0.3, 0.4) is 0 Å². The third-order valence-corrected chi connectivity index (χ3v) is 6.51. The average Bonchev–Trinajstić information content (AvgIpc) is 2.80. The van der Waals surface area contributed by atoms with E-state index in [9.17, 15) is 0 Å². The predicted octanol–water partition coefficient (Wildman–Crippen LogP) is 3.65. The highest BCUT2D eigenvalue weighted by Gasteiger charge is 2.26. The molecule has 0 spiro atoms. The number of hydrogen-bond acceptors (Lipinski definition) is 6. The third kappa shape index (κ3) is 4.14. The second-order valence-corrected chi connectivity index (χ2v) is 8.78. The first-order valence-electron chi connectivity index (χ1n) is 10.3. The van der Waals surface area contributed by atoms with Gasteiger partial charge in [-0.2, -0.15) is 11.8 Å². The summed E-state index contributed by atoms with van der Waals surface area (Å²) in [5, 5.41) is 0. The number of thioether (sulfide) groups is 1. The van der Waals surface area contributed by atoms with E-state index >= 15 is 0 Å². The van der Waals surface area contributed by atoms with Gasteiger partial charge in [0.05, 0.1) is 5.69 Å². The molecule has 0 amide bonds. The second-order valence-electron chi connectivity index (χ2n) is 7.56. The van der Waals surface area contributed by atoms with Crippen molar-refractivity contribution in [2.24, 2.45) is 0 Å². The SMILES string of the molecule is c1ccc(CN2CCc3nc(-c4ccccn4)nc(N4CCSCC4)c3C2)cc1. The van der Waals surface area contributed by atoms with E-state index in [0.717, 1.165) is 68.0 Å². The van der Waals surface area contributed by atoms with Crippen LogP contribution in [0.5, 0.6) is 0 Å². The molecule has 4 heterocycles. The van der Waals surface area contributed by atoms with E-state index in [0.29, 0.717) is 0 Å². The first kappa shape index (κ1) is 18.6. The fourth-order valence-electron chi connectivity index (χ4n) is 4.08. The van der Waals surface area contributed by atoms with Crippen molar-refractivity contribution >= 4 is 17.6 Å². The number of hydrogen-bond donors (Lipinski definition) is 0. The number of nitrogens with zero attached hydrogens (tertiary/aromatic N) is 5. The summed E-state index contributed by atoms with van der Waals surface area (Å²) in [6.07, 6.45) is 2.77. The minimum Gasteiger partial charge on any atom is -0.355 e. The average molecular weight is 404 g/mol. The van der Waals surface area contributed by atoms with Gasteiger partial charge in [-0.15, -0.1) is 0 Å². The molecule has 0 bridgehead atoms. The highest BCUT2D eigenvalue weighted by molar-refractivity contribution is 7.99. The third-order valence-electron chi connectivity index (χ3n) is 5.57. The van der Waals surface area contributed by atoms with Crippen molar-refractivity contribution in [3.8, 4) is 11.5 Å². The molecule has 6 heteroatoms. The maximum atomic E-state index is 5.04. The smallest absolute Gasteiger partial charge is 0.180 e. The Hall–Kier alpha value is -2.44. The van der Waals surface area contributed by atoms with Crippen LogP contribution in [0.25, 0.3) is 11.5 Å². The van der Waals surface area contributed by atoms with Crippen LogP contribution in [0.2, 0.25) is 0 Å². The molecule has 2 aromatic heterocycles. The van der Waals surface area contributed by atoms with Gasteiger partial charge in [0.15, 0.2) is 5.82 Å². The molecule has 29 heavy (non-hydrogen) atoms. The molecule has 1 aromatic carbocycles. The molecule has 0 N–H and O–H groups in total. The van der Waals surface area contributed by atoms with Crippen LogP contribution in [-0.2, 0) is 19.5 Å². The molecular weight excluding hydrogens is 378 g/mol. The monoisotopic (exact) mass is 403 g/mol. The summed E-state index contributed by atoms with van der Waals surface area (Å²) in [5.74, 6) is 4.19. The minimum atomic E-state index is 0.758. The molecule has 0 saturated carbocycles. The zero-order valence-electron chi connectivity index (χ0n) is 16.5. The number of pyridine rings is 1. The lowest BCUT2D eigenvalue weighted by atomic mass is 10.0. The fourth-order valence-corrected chi connectivity index (χ4v) is 4.98. The van der Waals surface area contributed by atoms with Crippen molar-refractivity contribution < 1.29 is 0 Å². The Kier molecular flexibility index (Phi) is 5.45. The Morgan fingerprint density at radius 2 is 1.72 bits per heavy atom. The first-order valence-corrected chi connectivity index (χ1v) is 11.4. The van der Waals surface area contributed by atoms with Gasteiger partial charge in [0.2, 0.25) is 0 Å². The van der Waals surface area contributed by atoms with Crippen molar-refractivity contribution in [1.29, 1.82) is 0 Å². The van der Waals surface area contributed by atoms with E-state index in [-0.39, 0.29) is 0 Å². The molecule has 0 unspecified atom stereocenters. The summed E-state index contributed by atoms with van der Waals surface area (Å²) in [5.41, 5.74) is 4.71. The normalized spacial score (nSPS) is 17.2. The van der Waals surface area contributed by atoms with Gasteiger partial charge in [0, 0.05) is 62.4 Å². The molecule has 5 rings (SSSR count). The van der Waals surface area contributed by atoms with Crippen LogP contribution >= 0.6 is 11.8 Å². The second kappa shape index (κ2) is 8.51. The summed E-state index contributed by atoms with van der Waals surface area (Å²) in [6.45, 7) is 5.00. The number of fused-ring (bicyclic) bond motifs is 1. The van der Waals surface area contributed by atoms with Crippen LogP contribution in [0, 0.1) is 0 Å². The van der Waals surface area contributed by atoms with Crippen LogP contribution < -0.4 is 4.90 Å². The van der Waals surface area contributed by atoms with E-state index in [4.69, 9.17) is 9.97 Å². The Morgan fingerprint density at radius 3 is 2.52 bits per heavy atom. The lowest BCUT2D eigenvalue weighted by Gasteiger charge is -2.34. The largest absolute Gasteiger partial charge is 0.355 e. The molecule has 1 saturated heterocycles. The lowest BCUT2D eigenvalue weighted by molar-refractivity contribution is 0.243. The Labute approximate surface area is 176 Å². The van der Waals surface area contributed by atoms with Gasteiger partial charge in [-0.3, -0.25) is 9.88 Å². The molecule has 2 aliphatic rings. The molecular formula is C23H25N5S. The van der Waals surface area contributed by atoms with Crippen molar-refractivity contribution in [1.82, 2.24) is 19.9 Å². The molecule has 0 atom stereocenters. The molecule has 1 fully saturated rings. The van der Waals surface area contributed by atoms with Crippen molar-refractivity contribution in [3.63, 3.8) is 0 Å². The number of aromatic nitrogens is 3. The topological polar surface area (TPSA) is 45.2 Å². The Morgan fingerprint density at radius 1 is 0.897 bits per heavy atom. The first-order chi connectivity index (χ1) is 14.4. The molecule has 0 aliphatic carbocycles. The van der Waals surface area contributed by atoms with E-state index in [1.165, 1.54) is 16.8 Å². The highest BCUT2D eigenvalue weighted by atomic mass is 32.2. The fraction of sp³-hybridized carbons (Fsp3) is 0.348. The van der Waals surface area contributed by atoms with Gasteiger partial charge in [-0.05, 0) is 17.7 Å². The lowest BCUT2D eigenvalue weighted by Crippen LogP contribution is -2.37. The maximum Gasteiger partial charge on any atom is 0.180 e. The van der Waals surface area contributed by atoms with Gasteiger partial charge < -0.3 is 4.90 Å². The van der Waals surface area contributed by atoms with E-state index in [2.05, 4.69) is 45.1 Å². The summed E-state index contributed by atoms with van der Waals surface area (Å²) in [6, 6.07) is 16.7. The van der Waals surface area contributed by atoms with Gasteiger partial charge in [-0.1, -0.05) is 36.4 Å². The zero-order chi connectivity index (χ0) is 19.5. The summed E-state index contributed by atoms with van der Waals surface area (Å²) in [4.78, 5) is 19.5. The summed E-state index contributed by atoms with van der Waals surface area (Å²) < 4.78 is 0. The maximum absolute atomic E-state index is 5.04. The van der Waals surface area contributed by atoms with Crippen LogP contribution in [0.1, 0.15) is 16.8 Å². The van der Waals surface area contributed by atoms with Gasteiger partial charge in [0.1, 0.15) is 11.5 Å². The Bertz CT molecular complexity index is 958. The van der Waals surface area contributed by atoms with E-state index in [1.807, 2.05) is 36.2 Å². The quantitative estimate of drug-likeness (QED) is 0.663.